The Labute approximate surface area is 214 Å². The number of nitrogen functional groups attached to an aromatic ring is 1. The van der Waals surface area contributed by atoms with E-state index >= 15 is 0 Å². The summed E-state index contributed by atoms with van der Waals surface area (Å²) in [5, 5.41) is 3.17. The number of hydrogen-bond donors (Lipinski definition) is 3. The molecule has 2 aromatic carbocycles. The number of aryl methyl sites for hydroxylation is 3. The van der Waals surface area contributed by atoms with Gasteiger partial charge in [-0.05, 0) is 62.3 Å². The minimum Gasteiger partial charge on any atom is -0.395 e. The van der Waals surface area contributed by atoms with E-state index in [0.29, 0.717) is 11.3 Å². The average Bonchev–Trinajstić information content (AvgIpc) is 3.48. The first-order valence-electron chi connectivity index (χ1n) is 12.0. The Morgan fingerprint density at radius 1 is 1.03 bits per heavy atom. The van der Waals surface area contributed by atoms with Crippen molar-refractivity contribution in [1.29, 1.82) is 0 Å². The number of nitrogens with two attached hydrogens (primary N) is 2. The molecule has 3 amide bonds. The van der Waals surface area contributed by atoms with Crippen LogP contribution in [0.5, 0.6) is 0 Å². The van der Waals surface area contributed by atoms with Crippen LogP contribution in [0.15, 0.2) is 42.5 Å². The predicted octanol–water partition coefficient (Wildman–Crippen LogP) is 4.20. The molecule has 1 unspecified atom stereocenters. The highest BCUT2D eigenvalue weighted by Crippen LogP contribution is 2.35. The monoisotopic (exact) mass is 505 g/mol. The fourth-order valence-electron chi connectivity index (χ4n) is 4.70. The van der Waals surface area contributed by atoms with E-state index in [9.17, 15) is 14.4 Å². The molecule has 0 saturated heterocycles. The zero-order valence-corrected chi connectivity index (χ0v) is 21.5. The molecular formula is C27H31N5O3S. The molecule has 0 bridgehead atoms. The van der Waals surface area contributed by atoms with Gasteiger partial charge in [0, 0.05) is 11.7 Å². The van der Waals surface area contributed by atoms with Crippen molar-refractivity contribution < 1.29 is 14.4 Å². The van der Waals surface area contributed by atoms with Crippen LogP contribution in [0.2, 0.25) is 0 Å². The van der Waals surface area contributed by atoms with Crippen LogP contribution >= 0.6 is 11.5 Å². The molecular weight excluding hydrogens is 474 g/mol. The van der Waals surface area contributed by atoms with Crippen LogP contribution in [0.1, 0.15) is 74.1 Å². The first-order chi connectivity index (χ1) is 17.2. The van der Waals surface area contributed by atoms with Crippen LogP contribution in [-0.4, -0.2) is 28.1 Å². The maximum atomic E-state index is 14.1. The molecule has 0 spiro atoms. The van der Waals surface area contributed by atoms with Crippen molar-refractivity contribution in [2.75, 3.05) is 10.6 Å². The summed E-state index contributed by atoms with van der Waals surface area (Å²) in [5.74, 6) is -1.59. The van der Waals surface area contributed by atoms with Crippen LogP contribution in [0.4, 0.5) is 11.4 Å². The molecule has 1 aliphatic rings. The molecule has 1 aromatic heterocycles. The highest BCUT2D eigenvalue weighted by Gasteiger charge is 2.37. The summed E-state index contributed by atoms with van der Waals surface area (Å²) >= 11 is 0.806. The number of hydrogen-bond acceptors (Lipinski definition) is 6. The topological polar surface area (TPSA) is 131 Å². The summed E-state index contributed by atoms with van der Waals surface area (Å²) in [6.07, 6.45) is 3.95. The van der Waals surface area contributed by atoms with Gasteiger partial charge in [-0.3, -0.25) is 19.3 Å². The molecule has 3 aromatic rings. The lowest BCUT2D eigenvalue weighted by Crippen LogP contribution is -2.46. The van der Waals surface area contributed by atoms with Gasteiger partial charge in [-0.25, -0.2) is 0 Å². The largest absolute Gasteiger partial charge is 0.395 e. The van der Waals surface area contributed by atoms with Crippen LogP contribution in [0.3, 0.4) is 0 Å². The number of primary amides is 1. The van der Waals surface area contributed by atoms with E-state index in [-0.39, 0.29) is 28.2 Å². The van der Waals surface area contributed by atoms with Gasteiger partial charge >= 0.3 is 0 Å². The number of nitrogens with zero attached hydrogens (tertiary/aromatic N) is 2. The molecule has 5 N–H and O–H groups in total. The van der Waals surface area contributed by atoms with Crippen molar-refractivity contribution in [2.45, 2.75) is 58.5 Å². The number of aromatic nitrogens is 1. The maximum absolute atomic E-state index is 14.1. The van der Waals surface area contributed by atoms with Gasteiger partial charge in [0.2, 0.25) is 5.91 Å². The van der Waals surface area contributed by atoms with Gasteiger partial charge in [0.1, 0.15) is 10.9 Å². The Bertz CT molecular complexity index is 1300. The van der Waals surface area contributed by atoms with Gasteiger partial charge in [0.15, 0.2) is 5.69 Å². The zero-order chi connectivity index (χ0) is 26.0. The number of rotatable bonds is 7. The second kappa shape index (κ2) is 10.5. The van der Waals surface area contributed by atoms with Crippen molar-refractivity contribution in [3.63, 3.8) is 0 Å². The SMILES string of the molecule is Cc1ccc(C(C(=O)NC2CCCC2)N(C(=O)c2snc(C(N)=O)c2N)c2ccc(C)cc2C)cc1. The second-order valence-corrected chi connectivity index (χ2v) is 10.2. The fourth-order valence-corrected chi connectivity index (χ4v) is 5.44. The second-order valence-electron chi connectivity index (χ2n) is 9.41. The fraction of sp³-hybridized carbons (Fsp3) is 0.333. The summed E-state index contributed by atoms with van der Waals surface area (Å²) in [6.45, 7) is 5.83. The molecule has 8 nitrogen and oxygen atoms in total. The number of carbonyl (C=O) groups is 3. The molecule has 188 valence electrons. The first-order valence-corrected chi connectivity index (χ1v) is 12.8. The molecule has 0 aliphatic heterocycles. The Morgan fingerprint density at radius 3 is 2.25 bits per heavy atom. The van der Waals surface area contributed by atoms with Crippen molar-refractivity contribution >= 4 is 40.6 Å². The number of anilines is 2. The summed E-state index contributed by atoms with van der Waals surface area (Å²) in [4.78, 5) is 41.3. The first kappa shape index (κ1) is 25.4. The van der Waals surface area contributed by atoms with Gasteiger partial charge in [0.05, 0.1) is 5.69 Å². The Morgan fingerprint density at radius 2 is 1.67 bits per heavy atom. The van der Waals surface area contributed by atoms with E-state index in [4.69, 9.17) is 11.5 Å². The lowest BCUT2D eigenvalue weighted by Gasteiger charge is -2.33. The van der Waals surface area contributed by atoms with E-state index in [1.807, 2.05) is 63.2 Å². The maximum Gasteiger partial charge on any atom is 0.273 e. The highest BCUT2D eigenvalue weighted by molar-refractivity contribution is 7.09. The highest BCUT2D eigenvalue weighted by atomic mass is 32.1. The molecule has 1 aliphatic carbocycles. The molecule has 9 heteroatoms. The average molecular weight is 506 g/mol. The van der Waals surface area contributed by atoms with Crippen molar-refractivity contribution in [3.05, 3.63) is 75.3 Å². The van der Waals surface area contributed by atoms with Gasteiger partial charge in [-0.15, -0.1) is 0 Å². The van der Waals surface area contributed by atoms with E-state index in [1.165, 1.54) is 4.90 Å². The summed E-state index contributed by atoms with van der Waals surface area (Å²) < 4.78 is 4.01. The van der Waals surface area contributed by atoms with Gasteiger partial charge in [-0.1, -0.05) is 60.4 Å². The van der Waals surface area contributed by atoms with Crippen molar-refractivity contribution in [3.8, 4) is 0 Å². The molecule has 1 heterocycles. The van der Waals surface area contributed by atoms with Gasteiger partial charge in [-0.2, -0.15) is 4.37 Å². The molecule has 36 heavy (non-hydrogen) atoms. The van der Waals surface area contributed by atoms with Gasteiger partial charge in [0.25, 0.3) is 11.8 Å². The van der Waals surface area contributed by atoms with Crippen molar-refractivity contribution in [1.82, 2.24) is 9.69 Å². The molecule has 0 radical (unpaired) electrons. The normalized spacial score (nSPS) is 14.4. The van der Waals surface area contributed by atoms with E-state index < -0.39 is 17.9 Å². The number of amides is 3. The number of nitrogens with one attached hydrogen (secondary N) is 1. The number of carbonyl (C=O) groups excluding carboxylic acids is 3. The molecule has 1 saturated carbocycles. The van der Waals surface area contributed by atoms with E-state index in [0.717, 1.165) is 53.9 Å². The summed E-state index contributed by atoms with van der Waals surface area (Å²) in [5.41, 5.74) is 15.5. The standard InChI is InChI=1S/C27H31N5O3S/c1-15-8-11-18(12-9-15)23(26(34)30-19-6-4-5-7-19)32(20-13-10-16(2)14-17(20)3)27(35)24-21(28)22(25(29)33)31-36-24/h8-14,19,23H,4-7,28H2,1-3H3,(H2,29,33)(H,30,34). The summed E-state index contributed by atoms with van der Waals surface area (Å²) in [6, 6.07) is 12.4. The van der Waals surface area contributed by atoms with E-state index in [2.05, 4.69) is 9.69 Å². The molecule has 1 fully saturated rings. The third-order valence-corrected chi connectivity index (χ3v) is 7.44. The third-order valence-electron chi connectivity index (χ3n) is 6.59. The van der Waals surface area contributed by atoms with Crippen LogP contribution in [0, 0.1) is 20.8 Å². The minimum atomic E-state index is -0.960. The van der Waals surface area contributed by atoms with Crippen LogP contribution < -0.4 is 21.7 Å². The van der Waals surface area contributed by atoms with E-state index in [1.54, 1.807) is 0 Å². The molecule has 1 atom stereocenters. The quantitative estimate of drug-likeness (QED) is 0.443. The van der Waals surface area contributed by atoms with Crippen LogP contribution in [-0.2, 0) is 4.79 Å². The predicted molar refractivity (Wildman–Crippen MR) is 142 cm³/mol. The Kier molecular flexibility index (Phi) is 7.40. The zero-order valence-electron chi connectivity index (χ0n) is 20.7. The number of benzene rings is 2. The van der Waals surface area contributed by atoms with Gasteiger partial charge < -0.3 is 16.8 Å². The lowest BCUT2D eigenvalue weighted by atomic mass is 9.99. The lowest BCUT2D eigenvalue weighted by molar-refractivity contribution is -0.123. The smallest absolute Gasteiger partial charge is 0.273 e. The Balaban J connectivity index is 1.88. The minimum absolute atomic E-state index is 0.0644. The van der Waals surface area contributed by atoms with Crippen LogP contribution in [0.25, 0.3) is 0 Å². The van der Waals surface area contributed by atoms with Crippen molar-refractivity contribution in [2.24, 2.45) is 5.73 Å². The Hall–Kier alpha value is -3.72. The third kappa shape index (κ3) is 5.11. The molecule has 4 rings (SSSR count). The summed E-state index contributed by atoms with van der Waals surface area (Å²) in [7, 11) is 0.